The van der Waals surface area contributed by atoms with Crippen molar-refractivity contribution >= 4 is 9.84 Å². The number of sulfone groups is 1. The fourth-order valence-electron chi connectivity index (χ4n) is 5.92. The van der Waals surface area contributed by atoms with Gasteiger partial charge in [-0.3, -0.25) is 4.90 Å². The van der Waals surface area contributed by atoms with Crippen molar-refractivity contribution in [2.75, 3.05) is 19.3 Å². The first-order chi connectivity index (χ1) is 11.9. The Kier molecular flexibility index (Phi) is 4.32. The molecule has 4 heteroatoms. The molecule has 0 spiro atoms. The molecule has 1 heterocycles. The second kappa shape index (κ2) is 6.24. The number of piperidine rings is 1. The molecule has 0 radical (unpaired) electrons. The molecule has 136 valence electrons. The summed E-state index contributed by atoms with van der Waals surface area (Å²) in [6.45, 7) is 6.08. The van der Waals surface area contributed by atoms with E-state index in [1.807, 2.05) is 12.1 Å². The average Bonchev–Trinajstić information content (AvgIpc) is 2.56. The molecule has 3 atom stereocenters. The summed E-state index contributed by atoms with van der Waals surface area (Å²) in [7, 11) is -2.99. The molecule has 0 amide bonds. The third kappa shape index (κ3) is 2.97. The van der Waals surface area contributed by atoms with Gasteiger partial charge in [-0.1, -0.05) is 37.1 Å². The Balaban J connectivity index is 1.78. The maximum absolute atomic E-state index is 11.8. The zero-order valence-corrected chi connectivity index (χ0v) is 16.0. The largest absolute Gasteiger partial charge is 0.296 e. The molecule has 0 N–H and O–H groups in total. The van der Waals surface area contributed by atoms with Gasteiger partial charge in [0.2, 0.25) is 0 Å². The lowest BCUT2D eigenvalue weighted by Crippen LogP contribution is -2.60. The third-order valence-corrected chi connectivity index (χ3v) is 7.67. The normalized spacial score (nSPS) is 31.9. The van der Waals surface area contributed by atoms with Crippen molar-refractivity contribution in [1.82, 2.24) is 4.90 Å². The van der Waals surface area contributed by atoms with Crippen LogP contribution in [0.5, 0.6) is 0 Å². The van der Waals surface area contributed by atoms with Crippen LogP contribution < -0.4 is 0 Å². The van der Waals surface area contributed by atoms with E-state index in [9.17, 15) is 8.42 Å². The third-order valence-electron chi connectivity index (χ3n) is 6.81. The lowest BCUT2D eigenvalue weighted by molar-refractivity contribution is -0.00509. The summed E-state index contributed by atoms with van der Waals surface area (Å²) in [6, 6.07) is 7.12. The van der Waals surface area contributed by atoms with Crippen LogP contribution >= 0.6 is 0 Å². The number of rotatable bonds is 4. The Morgan fingerprint density at radius 1 is 1.32 bits per heavy atom. The summed E-state index contributed by atoms with van der Waals surface area (Å²) in [5.74, 6) is 0.878. The van der Waals surface area contributed by atoms with Gasteiger partial charge < -0.3 is 0 Å². The van der Waals surface area contributed by atoms with E-state index in [1.54, 1.807) is 0 Å². The number of benzene rings is 1. The molecule has 1 saturated heterocycles. The lowest BCUT2D eigenvalue weighted by atomic mass is 9.52. The van der Waals surface area contributed by atoms with Gasteiger partial charge in [-0.15, -0.1) is 6.58 Å². The van der Waals surface area contributed by atoms with Crippen LogP contribution in [-0.4, -0.2) is 38.7 Å². The van der Waals surface area contributed by atoms with E-state index < -0.39 is 9.84 Å². The van der Waals surface area contributed by atoms with E-state index in [1.165, 1.54) is 49.5 Å². The van der Waals surface area contributed by atoms with Gasteiger partial charge in [-0.05, 0) is 54.8 Å². The first kappa shape index (κ1) is 17.3. The predicted octanol–water partition coefficient (Wildman–Crippen LogP) is 3.48. The first-order valence-corrected chi connectivity index (χ1v) is 11.6. The topological polar surface area (TPSA) is 37.4 Å². The van der Waals surface area contributed by atoms with Crippen LogP contribution in [0.1, 0.15) is 48.8 Å². The molecule has 1 aromatic rings. The van der Waals surface area contributed by atoms with E-state index >= 15 is 0 Å². The van der Waals surface area contributed by atoms with Gasteiger partial charge in [0.1, 0.15) is 0 Å². The van der Waals surface area contributed by atoms with Gasteiger partial charge in [-0.2, -0.15) is 0 Å². The molecule has 1 aliphatic heterocycles. The van der Waals surface area contributed by atoms with Gasteiger partial charge in [0, 0.05) is 24.3 Å². The summed E-state index contributed by atoms with van der Waals surface area (Å²) in [6.07, 6.45) is 10.9. The highest BCUT2D eigenvalue weighted by atomic mass is 32.2. The second-order valence-corrected chi connectivity index (χ2v) is 10.5. The van der Waals surface area contributed by atoms with E-state index in [4.69, 9.17) is 0 Å². The number of nitrogens with zero attached hydrogens (tertiary/aromatic N) is 1. The Bertz CT molecular complexity index is 785. The second-order valence-electron chi connectivity index (χ2n) is 8.38. The molecule has 2 bridgehead atoms. The Labute approximate surface area is 152 Å². The summed E-state index contributed by atoms with van der Waals surface area (Å²) >= 11 is 0. The van der Waals surface area contributed by atoms with Gasteiger partial charge in [-0.25, -0.2) is 8.42 Å². The molecule has 1 saturated carbocycles. The Hall–Kier alpha value is -1.13. The van der Waals surface area contributed by atoms with Gasteiger partial charge in [0.25, 0.3) is 0 Å². The Morgan fingerprint density at radius 3 is 2.92 bits per heavy atom. The fraction of sp³-hybridized carbons (Fsp3) is 0.619. The Morgan fingerprint density at radius 2 is 2.16 bits per heavy atom. The maximum Gasteiger partial charge on any atom is 0.151 e. The van der Waals surface area contributed by atoms with Gasteiger partial charge in [0.05, 0.1) is 5.75 Å². The molecule has 0 aromatic heterocycles. The number of hydrogen-bond acceptors (Lipinski definition) is 3. The highest BCUT2D eigenvalue weighted by Crippen LogP contribution is 2.55. The van der Waals surface area contributed by atoms with E-state index in [2.05, 4.69) is 23.6 Å². The minimum absolute atomic E-state index is 0.160. The van der Waals surface area contributed by atoms with Crippen molar-refractivity contribution < 1.29 is 8.42 Å². The minimum atomic E-state index is -2.99. The maximum atomic E-state index is 11.8. The van der Waals surface area contributed by atoms with E-state index in [0.29, 0.717) is 6.04 Å². The standard InChI is InChI=1S/C21H29NO2S/c1-3-11-22-12-10-21-9-5-4-6-18(21)20(22)14-17-8-7-16(13-19(17)21)15-25(2,23)24/h3,7-8,13,18,20H,1,4-6,9-12,14-15H2,2H3. The zero-order chi connectivity index (χ0) is 17.7. The van der Waals surface area contributed by atoms with Crippen molar-refractivity contribution in [3.05, 3.63) is 47.5 Å². The zero-order valence-electron chi connectivity index (χ0n) is 15.2. The molecular weight excluding hydrogens is 330 g/mol. The lowest BCUT2D eigenvalue weighted by Gasteiger charge is -2.59. The van der Waals surface area contributed by atoms with Crippen molar-refractivity contribution in [1.29, 1.82) is 0 Å². The van der Waals surface area contributed by atoms with Crippen LogP contribution in [-0.2, 0) is 27.4 Å². The van der Waals surface area contributed by atoms with Gasteiger partial charge in [0.15, 0.2) is 9.84 Å². The number of fused-ring (bicyclic) bond motifs is 1. The fourth-order valence-corrected chi connectivity index (χ4v) is 6.70. The number of hydrogen-bond donors (Lipinski definition) is 0. The summed E-state index contributed by atoms with van der Waals surface area (Å²) in [5, 5.41) is 0. The summed E-state index contributed by atoms with van der Waals surface area (Å²) in [5.41, 5.74) is 4.18. The van der Waals surface area contributed by atoms with Crippen molar-refractivity contribution in [3.8, 4) is 0 Å². The monoisotopic (exact) mass is 359 g/mol. The molecular formula is C21H29NO2S. The van der Waals surface area contributed by atoms with Crippen molar-refractivity contribution in [3.63, 3.8) is 0 Å². The first-order valence-electron chi connectivity index (χ1n) is 9.58. The molecule has 3 nitrogen and oxygen atoms in total. The molecule has 4 rings (SSSR count). The molecule has 3 aliphatic rings. The summed E-state index contributed by atoms with van der Waals surface area (Å²) < 4.78 is 23.5. The van der Waals surface area contributed by atoms with E-state index in [0.717, 1.165) is 31.0 Å². The molecule has 3 unspecified atom stereocenters. The summed E-state index contributed by atoms with van der Waals surface area (Å²) in [4.78, 5) is 2.63. The number of likely N-dealkylation sites (tertiary alicyclic amines) is 1. The van der Waals surface area contributed by atoms with Crippen LogP contribution in [0.3, 0.4) is 0 Å². The van der Waals surface area contributed by atoms with Crippen LogP contribution in [0.15, 0.2) is 30.9 Å². The highest BCUT2D eigenvalue weighted by molar-refractivity contribution is 7.89. The van der Waals surface area contributed by atoms with Gasteiger partial charge >= 0.3 is 0 Å². The van der Waals surface area contributed by atoms with Crippen molar-refractivity contribution in [2.24, 2.45) is 5.92 Å². The van der Waals surface area contributed by atoms with Crippen LogP contribution in [0.2, 0.25) is 0 Å². The van der Waals surface area contributed by atoms with Crippen molar-refractivity contribution in [2.45, 2.75) is 55.7 Å². The average molecular weight is 360 g/mol. The highest BCUT2D eigenvalue weighted by Gasteiger charge is 2.53. The molecule has 2 aliphatic carbocycles. The van der Waals surface area contributed by atoms with Crippen LogP contribution in [0.4, 0.5) is 0 Å². The predicted molar refractivity (Wildman–Crippen MR) is 103 cm³/mol. The smallest absolute Gasteiger partial charge is 0.151 e. The molecule has 25 heavy (non-hydrogen) atoms. The molecule has 2 fully saturated rings. The quantitative estimate of drug-likeness (QED) is 0.773. The van der Waals surface area contributed by atoms with Crippen LogP contribution in [0, 0.1) is 5.92 Å². The molecule has 1 aromatic carbocycles. The van der Waals surface area contributed by atoms with Crippen LogP contribution in [0.25, 0.3) is 0 Å². The SMILES string of the molecule is C=CCN1CCC23CCCCC2C1Cc1ccc(CS(C)(=O)=O)cc13. The van der Waals surface area contributed by atoms with E-state index in [-0.39, 0.29) is 11.2 Å². The minimum Gasteiger partial charge on any atom is -0.296 e.